The summed E-state index contributed by atoms with van der Waals surface area (Å²) in [5.74, 6) is 0. The molecule has 5 atom stereocenters. The van der Waals surface area contributed by atoms with Crippen LogP contribution in [-0.2, 0) is 0 Å². The van der Waals surface area contributed by atoms with Crippen molar-refractivity contribution in [1.29, 1.82) is 0 Å². The number of aliphatic hydroxyl groups excluding tert-OH is 3. The molecular formula is C7H17N2O3+. The SMILES string of the molecule is CN[C@H]1[C@@H](O)[C@H](O)[C@@H]([NH3+])C[C@@H]1O. The lowest BCUT2D eigenvalue weighted by molar-refractivity contribution is -0.452. The van der Waals surface area contributed by atoms with Gasteiger partial charge in [0, 0.05) is 6.42 Å². The molecule has 0 unspecified atom stereocenters. The molecule has 1 rings (SSSR count). The Balaban J connectivity index is 2.65. The average molecular weight is 177 g/mol. The first kappa shape index (κ1) is 9.88. The molecule has 1 aliphatic carbocycles. The van der Waals surface area contributed by atoms with E-state index in [0.29, 0.717) is 6.42 Å². The summed E-state index contributed by atoms with van der Waals surface area (Å²) in [5, 5.41) is 31.1. The van der Waals surface area contributed by atoms with Crippen LogP contribution in [0.5, 0.6) is 0 Å². The highest BCUT2D eigenvalue weighted by molar-refractivity contribution is 4.95. The van der Waals surface area contributed by atoms with Gasteiger partial charge in [0.05, 0.1) is 12.1 Å². The van der Waals surface area contributed by atoms with Crippen molar-refractivity contribution in [3.63, 3.8) is 0 Å². The highest BCUT2D eigenvalue weighted by Crippen LogP contribution is 2.17. The maximum Gasteiger partial charge on any atom is 0.133 e. The van der Waals surface area contributed by atoms with E-state index in [2.05, 4.69) is 11.1 Å². The summed E-state index contributed by atoms with van der Waals surface area (Å²) in [6.07, 6.45) is -1.98. The fourth-order valence-electron chi connectivity index (χ4n) is 1.68. The van der Waals surface area contributed by atoms with Crippen LogP contribution in [0.1, 0.15) is 6.42 Å². The molecule has 0 saturated heterocycles. The van der Waals surface area contributed by atoms with Crippen molar-refractivity contribution in [2.75, 3.05) is 7.05 Å². The Morgan fingerprint density at radius 1 is 1.25 bits per heavy atom. The maximum absolute atomic E-state index is 9.47. The molecule has 0 aliphatic heterocycles. The van der Waals surface area contributed by atoms with Crippen LogP contribution in [0.15, 0.2) is 0 Å². The number of aliphatic hydroxyl groups is 3. The molecule has 1 fully saturated rings. The van der Waals surface area contributed by atoms with E-state index in [9.17, 15) is 15.3 Å². The second-order valence-corrected chi connectivity index (χ2v) is 3.36. The number of nitrogens with one attached hydrogen (secondary N) is 1. The summed E-state index contributed by atoms with van der Waals surface area (Å²) in [4.78, 5) is 0. The van der Waals surface area contributed by atoms with Gasteiger partial charge in [-0.15, -0.1) is 0 Å². The molecule has 0 spiro atoms. The third kappa shape index (κ3) is 1.60. The highest BCUT2D eigenvalue weighted by Gasteiger charge is 2.42. The third-order valence-electron chi connectivity index (χ3n) is 2.49. The van der Waals surface area contributed by atoms with Gasteiger partial charge in [-0.25, -0.2) is 0 Å². The molecular weight excluding hydrogens is 160 g/mol. The van der Waals surface area contributed by atoms with E-state index >= 15 is 0 Å². The van der Waals surface area contributed by atoms with Gasteiger partial charge in [-0.1, -0.05) is 0 Å². The molecule has 5 heteroatoms. The van der Waals surface area contributed by atoms with Crippen molar-refractivity contribution in [1.82, 2.24) is 5.32 Å². The lowest BCUT2D eigenvalue weighted by Crippen LogP contribution is -2.75. The zero-order valence-electron chi connectivity index (χ0n) is 7.14. The smallest absolute Gasteiger partial charge is 0.133 e. The van der Waals surface area contributed by atoms with E-state index in [-0.39, 0.29) is 6.04 Å². The zero-order chi connectivity index (χ0) is 9.30. The van der Waals surface area contributed by atoms with Crippen LogP contribution in [0.2, 0.25) is 0 Å². The van der Waals surface area contributed by atoms with Crippen LogP contribution in [0.4, 0.5) is 0 Å². The standard InChI is InChI=1S/C7H16N2O3/c1-9-5-4(10)2-3(8)6(11)7(5)12/h3-7,9-12H,2,8H2,1H3/p+1/t3-,4-,5+,6+,7+/m0/s1. The van der Waals surface area contributed by atoms with Crippen molar-refractivity contribution in [3.05, 3.63) is 0 Å². The minimum absolute atomic E-state index is 0.292. The normalized spacial score (nSPS) is 49.2. The Labute approximate surface area is 71.2 Å². The summed E-state index contributed by atoms with van der Waals surface area (Å²) in [6.45, 7) is 0. The Hall–Kier alpha value is -0.200. The molecule has 72 valence electrons. The second kappa shape index (κ2) is 3.68. The van der Waals surface area contributed by atoms with Gasteiger partial charge in [-0.05, 0) is 7.05 Å². The van der Waals surface area contributed by atoms with Crippen molar-refractivity contribution in [3.8, 4) is 0 Å². The number of hydrogen-bond donors (Lipinski definition) is 5. The Bertz CT molecular complexity index is 156. The first-order valence-corrected chi connectivity index (χ1v) is 4.12. The molecule has 1 saturated carbocycles. The Kier molecular flexibility index (Phi) is 3.03. The minimum atomic E-state index is -0.929. The van der Waals surface area contributed by atoms with Crippen LogP contribution in [0.25, 0.3) is 0 Å². The molecule has 7 N–H and O–H groups in total. The van der Waals surface area contributed by atoms with Gasteiger partial charge in [0.25, 0.3) is 0 Å². The number of rotatable bonds is 1. The van der Waals surface area contributed by atoms with E-state index < -0.39 is 24.4 Å². The van der Waals surface area contributed by atoms with E-state index in [4.69, 9.17) is 0 Å². The fraction of sp³-hybridized carbons (Fsp3) is 1.00. The van der Waals surface area contributed by atoms with Crippen LogP contribution in [-0.4, -0.2) is 52.8 Å². The minimum Gasteiger partial charge on any atom is -0.391 e. The Morgan fingerprint density at radius 3 is 2.33 bits per heavy atom. The molecule has 1 aliphatic rings. The highest BCUT2D eigenvalue weighted by atomic mass is 16.3. The zero-order valence-corrected chi connectivity index (χ0v) is 7.14. The summed E-state index contributed by atoms with van der Waals surface area (Å²) < 4.78 is 0. The molecule has 0 radical (unpaired) electrons. The monoisotopic (exact) mass is 177 g/mol. The largest absolute Gasteiger partial charge is 0.391 e. The topological polar surface area (TPSA) is 100 Å². The predicted molar refractivity (Wildman–Crippen MR) is 42.2 cm³/mol. The van der Waals surface area contributed by atoms with Crippen molar-refractivity contribution in [2.45, 2.75) is 36.8 Å². The molecule has 0 amide bonds. The van der Waals surface area contributed by atoms with Crippen molar-refractivity contribution < 1.29 is 21.1 Å². The Morgan fingerprint density at radius 2 is 1.83 bits per heavy atom. The molecule has 0 aromatic heterocycles. The summed E-state index contributed by atoms with van der Waals surface area (Å²) in [5.41, 5.74) is 3.65. The maximum atomic E-state index is 9.47. The van der Waals surface area contributed by atoms with E-state index in [0.717, 1.165) is 0 Å². The van der Waals surface area contributed by atoms with Crippen LogP contribution >= 0.6 is 0 Å². The molecule has 12 heavy (non-hydrogen) atoms. The molecule has 0 aromatic carbocycles. The predicted octanol–water partition coefficient (Wildman–Crippen LogP) is -3.33. The summed E-state index contributed by atoms with van der Waals surface area (Å²) in [7, 11) is 1.65. The van der Waals surface area contributed by atoms with E-state index in [1.165, 1.54) is 0 Å². The average Bonchev–Trinajstić information content (AvgIpc) is 2.01. The van der Waals surface area contributed by atoms with Crippen molar-refractivity contribution >= 4 is 0 Å². The van der Waals surface area contributed by atoms with Gasteiger partial charge in [-0.2, -0.15) is 0 Å². The summed E-state index contributed by atoms with van der Waals surface area (Å²) >= 11 is 0. The van der Waals surface area contributed by atoms with Gasteiger partial charge >= 0.3 is 0 Å². The van der Waals surface area contributed by atoms with Crippen LogP contribution < -0.4 is 11.1 Å². The lowest BCUT2D eigenvalue weighted by atomic mass is 9.84. The second-order valence-electron chi connectivity index (χ2n) is 3.36. The van der Waals surface area contributed by atoms with Crippen LogP contribution in [0.3, 0.4) is 0 Å². The third-order valence-corrected chi connectivity index (χ3v) is 2.49. The quantitative estimate of drug-likeness (QED) is 0.289. The van der Waals surface area contributed by atoms with Gasteiger partial charge < -0.3 is 26.4 Å². The summed E-state index contributed by atoms with van der Waals surface area (Å²) in [6, 6.07) is -0.738. The van der Waals surface area contributed by atoms with Gasteiger partial charge in [0.2, 0.25) is 0 Å². The molecule has 5 nitrogen and oxygen atoms in total. The van der Waals surface area contributed by atoms with E-state index in [1.54, 1.807) is 7.05 Å². The number of hydrogen-bond acceptors (Lipinski definition) is 4. The first-order valence-electron chi connectivity index (χ1n) is 4.12. The number of quaternary nitrogens is 1. The first-order chi connectivity index (χ1) is 5.57. The van der Waals surface area contributed by atoms with Gasteiger partial charge in [0.1, 0.15) is 18.2 Å². The van der Waals surface area contributed by atoms with Crippen LogP contribution in [0, 0.1) is 0 Å². The fourth-order valence-corrected chi connectivity index (χ4v) is 1.68. The lowest BCUT2D eigenvalue weighted by Gasteiger charge is -2.37. The number of likely N-dealkylation sites (N-methyl/N-ethyl adjacent to an activating group) is 1. The van der Waals surface area contributed by atoms with E-state index in [1.807, 2.05) is 0 Å². The van der Waals surface area contributed by atoms with Crippen molar-refractivity contribution in [2.24, 2.45) is 0 Å². The molecule has 0 bridgehead atoms. The van der Waals surface area contributed by atoms with Gasteiger partial charge in [-0.3, -0.25) is 0 Å². The van der Waals surface area contributed by atoms with Gasteiger partial charge in [0.15, 0.2) is 0 Å². The molecule has 0 aromatic rings. The molecule has 0 heterocycles.